The molecule has 0 aromatic heterocycles. The number of nitrogen functional groups attached to an aromatic ring is 1. The van der Waals surface area contributed by atoms with Crippen molar-refractivity contribution in [2.45, 2.75) is 28.6 Å². The van der Waals surface area contributed by atoms with Crippen LogP contribution in [-0.2, 0) is 16.0 Å². The molecule has 1 aliphatic rings. The second-order valence-corrected chi connectivity index (χ2v) is 9.96. The summed E-state index contributed by atoms with van der Waals surface area (Å²) in [6, 6.07) is 21.9. The molecule has 3 aromatic rings. The molecule has 4 rings (SSSR count). The van der Waals surface area contributed by atoms with Crippen LogP contribution in [0.2, 0.25) is 0 Å². The number of hydrogen-bond acceptors (Lipinski definition) is 6. The first kappa shape index (κ1) is 25.2. The minimum Gasteiger partial charge on any atom is -0.481 e. The number of thioether (sulfide) groups is 1. The summed E-state index contributed by atoms with van der Waals surface area (Å²) in [5, 5.41) is 17.2. The highest BCUT2D eigenvalue weighted by molar-refractivity contribution is 8.01. The van der Waals surface area contributed by atoms with E-state index in [0.29, 0.717) is 28.0 Å². The lowest BCUT2D eigenvalue weighted by molar-refractivity contribution is -0.143. The molecule has 0 spiro atoms. The van der Waals surface area contributed by atoms with Gasteiger partial charge in [0.25, 0.3) is 5.91 Å². The van der Waals surface area contributed by atoms with Crippen LogP contribution in [0.3, 0.4) is 0 Å². The molecule has 1 amide bonds. The van der Waals surface area contributed by atoms with E-state index in [1.165, 1.54) is 4.90 Å². The highest BCUT2D eigenvalue weighted by Gasteiger charge is 2.48. The number of nitrogens with two attached hydrogens (primary N) is 2. The number of amidine groups is 1. The van der Waals surface area contributed by atoms with Gasteiger partial charge >= 0.3 is 5.97 Å². The maximum Gasteiger partial charge on any atom is 0.306 e. The zero-order valence-electron chi connectivity index (χ0n) is 19.4. The molecule has 0 aliphatic carbocycles. The number of carbonyl (C=O) groups is 3. The van der Waals surface area contributed by atoms with Gasteiger partial charge in [0.2, 0.25) is 0 Å². The average molecular weight is 503 g/mol. The van der Waals surface area contributed by atoms with Gasteiger partial charge in [-0.05, 0) is 23.6 Å². The van der Waals surface area contributed by atoms with Gasteiger partial charge in [0, 0.05) is 22.6 Å². The van der Waals surface area contributed by atoms with Crippen molar-refractivity contribution in [3.63, 3.8) is 0 Å². The maximum absolute atomic E-state index is 14.0. The number of carboxylic acid groups (broad SMARTS) is 1. The molecular formula is C27H26N4O4S. The van der Waals surface area contributed by atoms with Crippen molar-refractivity contribution in [2.75, 3.05) is 6.54 Å². The van der Waals surface area contributed by atoms with Crippen LogP contribution in [0, 0.1) is 5.41 Å². The van der Waals surface area contributed by atoms with E-state index in [9.17, 15) is 19.5 Å². The number of Topliss-reactive ketones (excluding diaryl/α,β-unsaturated/α-hetero) is 1. The van der Waals surface area contributed by atoms with Crippen LogP contribution < -0.4 is 11.5 Å². The number of fused-ring (bicyclic) bond motifs is 1. The van der Waals surface area contributed by atoms with Gasteiger partial charge in [0.1, 0.15) is 11.9 Å². The van der Waals surface area contributed by atoms with Crippen molar-refractivity contribution in [3.05, 3.63) is 101 Å². The number of benzene rings is 3. The summed E-state index contributed by atoms with van der Waals surface area (Å²) >= 11 is 0.974. The number of ketones is 1. The molecule has 1 aliphatic heterocycles. The summed E-state index contributed by atoms with van der Waals surface area (Å²) in [5.41, 5.74) is 14.4. The van der Waals surface area contributed by atoms with Crippen molar-refractivity contribution < 1.29 is 19.5 Å². The van der Waals surface area contributed by atoms with Gasteiger partial charge in [0.05, 0.1) is 6.42 Å². The number of aliphatic carboxylic acids is 1. The Morgan fingerprint density at radius 3 is 2.22 bits per heavy atom. The van der Waals surface area contributed by atoms with Gasteiger partial charge in [-0.2, -0.15) is 0 Å². The third-order valence-electron chi connectivity index (χ3n) is 6.07. The molecule has 2 unspecified atom stereocenters. The number of carboxylic acids is 1. The van der Waals surface area contributed by atoms with Gasteiger partial charge in [-0.25, -0.2) is 0 Å². The molecule has 9 heteroatoms. The third kappa shape index (κ3) is 5.17. The molecule has 3 aromatic carbocycles. The standard InChI is InChI=1S/C27H26N4O4S/c28-25(29)19-12-10-18(11-13-19)24(34)23-20-8-4-5-9-21(20)36-27(30,16-22(32)33)26(35)31(23)15-14-17-6-2-1-3-7-17/h1-13,23H,14-16,30H2,(H3,28,29)(H,32,33). The summed E-state index contributed by atoms with van der Waals surface area (Å²) in [7, 11) is 0. The molecular weight excluding hydrogens is 476 g/mol. The third-order valence-corrected chi connectivity index (χ3v) is 7.34. The highest BCUT2D eigenvalue weighted by atomic mass is 32.2. The fraction of sp³-hybridized carbons (Fsp3) is 0.185. The monoisotopic (exact) mass is 502 g/mol. The Hall–Kier alpha value is -3.95. The molecule has 0 radical (unpaired) electrons. The average Bonchev–Trinajstić information content (AvgIpc) is 2.95. The molecule has 0 bridgehead atoms. The minimum absolute atomic E-state index is 0.119. The Labute approximate surface area is 212 Å². The van der Waals surface area contributed by atoms with E-state index >= 15 is 0 Å². The van der Waals surface area contributed by atoms with Crippen molar-refractivity contribution >= 4 is 35.3 Å². The van der Waals surface area contributed by atoms with E-state index in [4.69, 9.17) is 16.9 Å². The van der Waals surface area contributed by atoms with E-state index in [2.05, 4.69) is 0 Å². The molecule has 0 fully saturated rings. The van der Waals surface area contributed by atoms with Crippen LogP contribution in [-0.4, -0.2) is 44.9 Å². The van der Waals surface area contributed by atoms with Crippen LogP contribution in [0.15, 0.2) is 83.8 Å². The fourth-order valence-electron chi connectivity index (χ4n) is 4.28. The van der Waals surface area contributed by atoms with Gasteiger partial charge in [-0.3, -0.25) is 19.8 Å². The van der Waals surface area contributed by atoms with Crippen molar-refractivity contribution in [1.29, 1.82) is 5.41 Å². The Bertz CT molecular complexity index is 1310. The summed E-state index contributed by atoms with van der Waals surface area (Å²) in [5.74, 6) is -2.27. The molecule has 0 saturated heterocycles. The first-order valence-electron chi connectivity index (χ1n) is 11.3. The minimum atomic E-state index is -1.79. The van der Waals surface area contributed by atoms with E-state index < -0.39 is 29.2 Å². The van der Waals surface area contributed by atoms with Gasteiger partial charge in [-0.1, -0.05) is 84.6 Å². The lowest BCUT2D eigenvalue weighted by Crippen LogP contribution is -2.55. The lowest BCUT2D eigenvalue weighted by Gasteiger charge is -2.34. The Morgan fingerprint density at radius 1 is 0.972 bits per heavy atom. The van der Waals surface area contributed by atoms with E-state index in [1.54, 1.807) is 48.5 Å². The van der Waals surface area contributed by atoms with E-state index in [-0.39, 0.29) is 18.2 Å². The smallest absolute Gasteiger partial charge is 0.306 e. The Balaban J connectivity index is 1.82. The predicted octanol–water partition coefficient (Wildman–Crippen LogP) is 3.20. The molecule has 8 nitrogen and oxygen atoms in total. The van der Waals surface area contributed by atoms with Crippen LogP contribution in [0.1, 0.15) is 39.5 Å². The molecule has 0 saturated carbocycles. The largest absolute Gasteiger partial charge is 0.481 e. The summed E-state index contributed by atoms with van der Waals surface area (Å²) in [6.07, 6.45) is -0.142. The van der Waals surface area contributed by atoms with Gasteiger partial charge in [0.15, 0.2) is 10.7 Å². The first-order chi connectivity index (χ1) is 17.2. The van der Waals surface area contributed by atoms with Gasteiger partial charge < -0.3 is 21.5 Å². The molecule has 1 heterocycles. The zero-order valence-corrected chi connectivity index (χ0v) is 20.2. The number of amides is 1. The zero-order chi connectivity index (χ0) is 25.9. The quantitative estimate of drug-likeness (QED) is 0.210. The van der Waals surface area contributed by atoms with Crippen LogP contribution >= 0.6 is 11.8 Å². The summed E-state index contributed by atoms with van der Waals surface area (Å²) < 4.78 is 0. The van der Waals surface area contributed by atoms with E-state index in [1.807, 2.05) is 30.3 Å². The number of rotatable bonds is 8. The highest BCUT2D eigenvalue weighted by Crippen LogP contribution is 2.44. The maximum atomic E-state index is 14.0. The first-order valence-corrected chi connectivity index (χ1v) is 12.1. The number of hydrogen-bond donors (Lipinski definition) is 4. The molecule has 6 N–H and O–H groups in total. The van der Waals surface area contributed by atoms with Crippen molar-refractivity contribution in [1.82, 2.24) is 4.90 Å². The van der Waals surface area contributed by atoms with Crippen LogP contribution in [0.4, 0.5) is 0 Å². The van der Waals surface area contributed by atoms with Crippen molar-refractivity contribution in [2.24, 2.45) is 11.5 Å². The number of carbonyl (C=O) groups excluding carboxylic acids is 2. The predicted molar refractivity (Wildman–Crippen MR) is 138 cm³/mol. The second-order valence-electron chi connectivity index (χ2n) is 8.59. The second kappa shape index (κ2) is 10.3. The van der Waals surface area contributed by atoms with Crippen LogP contribution in [0.25, 0.3) is 0 Å². The Kier molecular flexibility index (Phi) is 7.23. The SMILES string of the molecule is N=C(N)c1ccc(C(=O)C2c3ccccc3SC(N)(CC(=O)O)C(=O)N2CCc2ccccc2)cc1. The number of nitrogens with one attached hydrogen (secondary N) is 1. The normalized spacial score (nSPS) is 19.3. The molecule has 184 valence electrons. The Morgan fingerprint density at radius 2 is 1.58 bits per heavy atom. The molecule has 36 heavy (non-hydrogen) atoms. The van der Waals surface area contributed by atoms with Crippen molar-refractivity contribution in [3.8, 4) is 0 Å². The number of nitrogens with zero attached hydrogens (tertiary/aromatic N) is 1. The fourth-order valence-corrected chi connectivity index (χ4v) is 5.52. The lowest BCUT2D eigenvalue weighted by atomic mass is 9.94. The molecule has 2 atom stereocenters. The summed E-state index contributed by atoms with van der Waals surface area (Å²) in [6.45, 7) is 0.165. The summed E-state index contributed by atoms with van der Waals surface area (Å²) in [4.78, 5) is 39.8. The topological polar surface area (TPSA) is 151 Å². The van der Waals surface area contributed by atoms with E-state index in [0.717, 1.165) is 17.3 Å². The van der Waals surface area contributed by atoms with Crippen LogP contribution in [0.5, 0.6) is 0 Å². The van der Waals surface area contributed by atoms with Gasteiger partial charge in [-0.15, -0.1) is 0 Å².